The highest BCUT2D eigenvalue weighted by molar-refractivity contribution is 5.94. The highest BCUT2D eigenvalue weighted by atomic mass is 16.7. The standard InChI is InChI=1S/C18H16N4O4/c1-11-6-17(22-26-11)21-16-5-3-13(9-19-16)18(23)20-8-12-2-4-14-15(7-12)25-10-24-14/h2-7,9H,8,10H2,1H3,(H,20,23)(H,19,21,22). The van der Waals surface area contributed by atoms with Crippen LogP contribution in [0.5, 0.6) is 11.5 Å². The number of hydrogen-bond donors (Lipinski definition) is 2. The first-order valence-corrected chi connectivity index (χ1v) is 8.00. The van der Waals surface area contributed by atoms with Gasteiger partial charge in [0.1, 0.15) is 11.6 Å². The van der Waals surface area contributed by atoms with E-state index in [2.05, 4.69) is 20.8 Å². The number of benzene rings is 1. The lowest BCUT2D eigenvalue weighted by atomic mass is 10.2. The zero-order valence-corrected chi connectivity index (χ0v) is 14.0. The maximum atomic E-state index is 12.3. The van der Waals surface area contributed by atoms with E-state index in [9.17, 15) is 4.79 Å². The summed E-state index contributed by atoms with van der Waals surface area (Å²) in [6.45, 7) is 2.41. The van der Waals surface area contributed by atoms with Crippen LogP contribution >= 0.6 is 0 Å². The first-order chi connectivity index (χ1) is 12.7. The van der Waals surface area contributed by atoms with E-state index in [0.29, 0.717) is 35.3 Å². The second kappa shape index (κ2) is 6.75. The van der Waals surface area contributed by atoms with Crippen molar-refractivity contribution in [2.24, 2.45) is 0 Å². The van der Waals surface area contributed by atoms with Gasteiger partial charge in [0.2, 0.25) is 6.79 Å². The zero-order chi connectivity index (χ0) is 17.9. The van der Waals surface area contributed by atoms with E-state index in [4.69, 9.17) is 14.0 Å². The number of hydrogen-bond acceptors (Lipinski definition) is 7. The lowest BCUT2D eigenvalue weighted by Gasteiger charge is -2.07. The number of amides is 1. The van der Waals surface area contributed by atoms with Crippen molar-refractivity contribution in [3.8, 4) is 11.5 Å². The van der Waals surface area contributed by atoms with E-state index in [1.54, 1.807) is 25.1 Å². The van der Waals surface area contributed by atoms with Crippen LogP contribution in [-0.4, -0.2) is 22.8 Å². The predicted molar refractivity (Wildman–Crippen MR) is 92.5 cm³/mol. The number of aryl methyl sites for hydroxylation is 1. The Hall–Kier alpha value is -3.55. The molecule has 1 aliphatic heterocycles. The van der Waals surface area contributed by atoms with Crippen LogP contribution in [0.3, 0.4) is 0 Å². The monoisotopic (exact) mass is 352 g/mol. The number of rotatable bonds is 5. The molecular weight excluding hydrogens is 336 g/mol. The van der Waals surface area contributed by atoms with Gasteiger partial charge >= 0.3 is 0 Å². The summed E-state index contributed by atoms with van der Waals surface area (Å²) in [6.07, 6.45) is 1.50. The van der Waals surface area contributed by atoms with E-state index in [1.165, 1.54) is 6.20 Å². The third-order valence-electron chi connectivity index (χ3n) is 3.80. The number of nitrogens with one attached hydrogen (secondary N) is 2. The van der Waals surface area contributed by atoms with E-state index in [0.717, 1.165) is 11.3 Å². The summed E-state index contributed by atoms with van der Waals surface area (Å²) in [6, 6.07) is 10.7. The molecule has 0 spiro atoms. The molecule has 0 saturated heterocycles. The number of fused-ring (bicyclic) bond motifs is 1. The Morgan fingerprint density at radius 1 is 1.12 bits per heavy atom. The Kier molecular flexibility index (Phi) is 4.14. The summed E-state index contributed by atoms with van der Waals surface area (Å²) in [5.41, 5.74) is 1.39. The molecule has 0 fully saturated rings. The first-order valence-electron chi connectivity index (χ1n) is 8.00. The predicted octanol–water partition coefficient (Wildman–Crippen LogP) is 2.78. The number of aromatic nitrogens is 2. The molecule has 0 atom stereocenters. The van der Waals surface area contributed by atoms with Gasteiger partial charge in [0.15, 0.2) is 17.3 Å². The minimum atomic E-state index is -0.209. The fraction of sp³-hybridized carbons (Fsp3) is 0.167. The van der Waals surface area contributed by atoms with E-state index in [-0.39, 0.29) is 12.7 Å². The second-order valence-corrected chi connectivity index (χ2v) is 5.75. The van der Waals surface area contributed by atoms with E-state index >= 15 is 0 Å². The molecule has 2 N–H and O–H groups in total. The van der Waals surface area contributed by atoms with Crippen LogP contribution in [0.25, 0.3) is 0 Å². The molecule has 3 aromatic rings. The van der Waals surface area contributed by atoms with Crippen LogP contribution in [0.4, 0.5) is 11.6 Å². The summed E-state index contributed by atoms with van der Waals surface area (Å²) in [5.74, 6) is 3.04. The molecule has 4 rings (SSSR count). The fourth-order valence-electron chi connectivity index (χ4n) is 2.49. The van der Waals surface area contributed by atoms with Crippen molar-refractivity contribution in [1.29, 1.82) is 0 Å². The molecular formula is C18H16N4O4. The van der Waals surface area contributed by atoms with Crippen LogP contribution in [0, 0.1) is 6.92 Å². The topological polar surface area (TPSA) is 98.5 Å². The quantitative estimate of drug-likeness (QED) is 0.728. The molecule has 0 bridgehead atoms. The first kappa shape index (κ1) is 15.9. The Bertz CT molecular complexity index is 937. The van der Waals surface area contributed by atoms with Crippen LogP contribution in [0.15, 0.2) is 47.1 Å². The van der Waals surface area contributed by atoms with Crippen molar-refractivity contribution in [3.63, 3.8) is 0 Å². The van der Waals surface area contributed by atoms with Crippen molar-refractivity contribution >= 4 is 17.5 Å². The molecule has 8 heteroatoms. The normalized spacial score (nSPS) is 12.0. The van der Waals surface area contributed by atoms with E-state index in [1.807, 2.05) is 18.2 Å². The highest BCUT2D eigenvalue weighted by Crippen LogP contribution is 2.32. The van der Waals surface area contributed by atoms with Crippen molar-refractivity contribution in [2.75, 3.05) is 12.1 Å². The zero-order valence-electron chi connectivity index (χ0n) is 14.0. The maximum absolute atomic E-state index is 12.3. The van der Waals surface area contributed by atoms with Gasteiger partial charge in [0.05, 0.1) is 5.56 Å². The number of pyridine rings is 1. The Morgan fingerprint density at radius 3 is 2.77 bits per heavy atom. The number of carbonyl (C=O) groups excluding carboxylic acids is 1. The van der Waals surface area contributed by atoms with Gasteiger partial charge in [-0.05, 0) is 36.8 Å². The number of ether oxygens (including phenoxy) is 2. The molecule has 2 aromatic heterocycles. The smallest absolute Gasteiger partial charge is 0.253 e. The van der Waals surface area contributed by atoms with Gasteiger partial charge in [0.25, 0.3) is 5.91 Å². The minimum Gasteiger partial charge on any atom is -0.454 e. The van der Waals surface area contributed by atoms with Gasteiger partial charge in [-0.3, -0.25) is 4.79 Å². The van der Waals surface area contributed by atoms with Gasteiger partial charge in [-0.15, -0.1) is 0 Å². The SMILES string of the molecule is Cc1cc(Nc2ccc(C(=O)NCc3ccc4c(c3)OCO4)cn2)no1. The Morgan fingerprint density at radius 2 is 2.00 bits per heavy atom. The van der Waals surface area contributed by atoms with Crippen LogP contribution in [-0.2, 0) is 6.54 Å². The van der Waals surface area contributed by atoms with Gasteiger partial charge in [-0.25, -0.2) is 4.98 Å². The Balaban J connectivity index is 1.35. The largest absolute Gasteiger partial charge is 0.454 e. The lowest BCUT2D eigenvalue weighted by molar-refractivity contribution is 0.0950. The summed E-state index contributed by atoms with van der Waals surface area (Å²) < 4.78 is 15.6. The molecule has 26 heavy (non-hydrogen) atoms. The Labute approximate surface area is 149 Å². The third kappa shape index (κ3) is 3.44. The summed E-state index contributed by atoms with van der Waals surface area (Å²) in [5, 5.41) is 9.69. The van der Waals surface area contributed by atoms with E-state index < -0.39 is 0 Å². The molecule has 0 aliphatic carbocycles. The maximum Gasteiger partial charge on any atom is 0.253 e. The molecule has 0 unspecified atom stereocenters. The van der Waals surface area contributed by atoms with Crippen LogP contribution in [0.1, 0.15) is 21.7 Å². The second-order valence-electron chi connectivity index (χ2n) is 5.75. The minimum absolute atomic E-state index is 0.209. The molecule has 1 amide bonds. The number of carbonyl (C=O) groups is 1. The van der Waals surface area contributed by atoms with Crippen LogP contribution < -0.4 is 20.1 Å². The molecule has 0 radical (unpaired) electrons. The van der Waals surface area contributed by atoms with Crippen LogP contribution in [0.2, 0.25) is 0 Å². The molecule has 1 aromatic carbocycles. The summed E-state index contributed by atoms with van der Waals surface area (Å²) >= 11 is 0. The van der Waals surface area contributed by atoms with Gasteiger partial charge in [-0.1, -0.05) is 11.2 Å². The summed E-state index contributed by atoms with van der Waals surface area (Å²) in [4.78, 5) is 16.5. The van der Waals surface area contributed by atoms with Crippen molar-refractivity contribution < 1.29 is 18.8 Å². The number of anilines is 2. The van der Waals surface area contributed by atoms with Crippen molar-refractivity contribution in [1.82, 2.24) is 15.5 Å². The molecule has 0 saturated carbocycles. The lowest BCUT2D eigenvalue weighted by Crippen LogP contribution is -2.22. The van der Waals surface area contributed by atoms with Gasteiger partial charge in [0, 0.05) is 18.8 Å². The average molecular weight is 352 g/mol. The van der Waals surface area contributed by atoms with Gasteiger partial charge < -0.3 is 24.6 Å². The molecule has 132 valence electrons. The third-order valence-corrected chi connectivity index (χ3v) is 3.80. The highest BCUT2D eigenvalue weighted by Gasteiger charge is 2.14. The molecule has 8 nitrogen and oxygen atoms in total. The van der Waals surface area contributed by atoms with Crippen molar-refractivity contribution in [2.45, 2.75) is 13.5 Å². The molecule has 3 heterocycles. The average Bonchev–Trinajstić information content (AvgIpc) is 3.28. The summed E-state index contributed by atoms with van der Waals surface area (Å²) in [7, 11) is 0. The number of nitrogens with zero attached hydrogens (tertiary/aromatic N) is 2. The fourth-order valence-corrected chi connectivity index (χ4v) is 2.49. The van der Waals surface area contributed by atoms with Crippen molar-refractivity contribution in [3.05, 3.63) is 59.5 Å². The molecule has 1 aliphatic rings. The van der Waals surface area contributed by atoms with Gasteiger partial charge in [-0.2, -0.15) is 0 Å².